The van der Waals surface area contributed by atoms with Gasteiger partial charge in [-0.2, -0.15) is 4.98 Å². The lowest BCUT2D eigenvalue weighted by Crippen LogP contribution is -2.24. The van der Waals surface area contributed by atoms with E-state index in [1.807, 2.05) is 0 Å². The average Bonchev–Trinajstić information content (AvgIpc) is 2.55. The van der Waals surface area contributed by atoms with Crippen molar-refractivity contribution < 1.29 is 13.9 Å². The van der Waals surface area contributed by atoms with Gasteiger partial charge in [-0.05, 0) is 31.0 Å². The number of carbonyl (C=O) groups is 1. The Kier molecular flexibility index (Phi) is 4.71. The number of halogens is 1. The number of hydrogen-bond donors (Lipinski definition) is 2. The second-order valence-corrected chi connectivity index (χ2v) is 5.78. The third-order valence-corrected chi connectivity index (χ3v) is 3.92. The quantitative estimate of drug-likeness (QED) is 0.506. The van der Waals surface area contributed by atoms with Gasteiger partial charge >= 0.3 is 5.69 Å². The van der Waals surface area contributed by atoms with Gasteiger partial charge in [0.05, 0.1) is 6.61 Å². The van der Waals surface area contributed by atoms with Crippen molar-refractivity contribution in [1.82, 2.24) is 9.97 Å². The fourth-order valence-electron chi connectivity index (χ4n) is 2.36. The van der Waals surface area contributed by atoms with Crippen molar-refractivity contribution in [3.05, 3.63) is 44.1 Å². The summed E-state index contributed by atoms with van der Waals surface area (Å²) in [4.78, 5) is 39.5. The standard InChI is InChI=1S/C16H14ClN3O5/c17-12-10(24-6-2-1-3-11(18)21)5-4-8-7-9-14(22)19-16(23)20-15(9)25-13(8)12/h4-5,7H,1-3,6H2,(H2,18,21)(H,19,22,23). The van der Waals surface area contributed by atoms with Crippen LogP contribution in [-0.2, 0) is 4.79 Å². The van der Waals surface area contributed by atoms with E-state index in [0.717, 1.165) is 0 Å². The summed E-state index contributed by atoms with van der Waals surface area (Å²) < 4.78 is 11.1. The van der Waals surface area contributed by atoms with Crippen molar-refractivity contribution in [2.45, 2.75) is 19.3 Å². The molecule has 0 atom stereocenters. The molecule has 0 bridgehead atoms. The molecule has 0 spiro atoms. The highest BCUT2D eigenvalue weighted by molar-refractivity contribution is 6.36. The van der Waals surface area contributed by atoms with Crippen LogP contribution < -0.4 is 21.7 Å². The maximum Gasteiger partial charge on any atom is 0.351 e. The molecule has 25 heavy (non-hydrogen) atoms. The Bertz CT molecular complexity index is 1030. The van der Waals surface area contributed by atoms with Crippen LogP contribution in [0, 0.1) is 0 Å². The Hall–Kier alpha value is -2.87. The van der Waals surface area contributed by atoms with Crippen LogP contribution in [-0.4, -0.2) is 22.5 Å². The first-order chi connectivity index (χ1) is 12.0. The fraction of sp³-hybridized carbons (Fsp3) is 0.250. The van der Waals surface area contributed by atoms with Crippen LogP contribution in [0.15, 0.2) is 32.2 Å². The molecule has 2 heterocycles. The Morgan fingerprint density at radius 2 is 2.12 bits per heavy atom. The van der Waals surface area contributed by atoms with Crippen molar-refractivity contribution in [2.24, 2.45) is 5.73 Å². The normalized spacial score (nSPS) is 11.1. The number of rotatable bonds is 6. The zero-order valence-corrected chi connectivity index (χ0v) is 13.8. The number of primary amides is 1. The van der Waals surface area contributed by atoms with Gasteiger partial charge in [-0.15, -0.1) is 0 Å². The minimum Gasteiger partial charge on any atom is -0.492 e. The van der Waals surface area contributed by atoms with E-state index in [9.17, 15) is 14.4 Å². The number of aromatic nitrogens is 2. The van der Waals surface area contributed by atoms with E-state index < -0.39 is 11.2 Å². The maximum atomic E-state index is 11.8. The molecule has 8 nitrogen and oxygen atoms in total. The average molecular weight is 364 g/mol. The number of carbonyl (C=O) groups excluding carboxylic acids is 1. The Morgan fingerprint density at radius 3 is 2.88 bits per heavy atom. The summed E-state index contributed by atoms with van der Waals surface area (Å²) in [5, 5.41) is 0.786. The molecular formula is C16H14ClN3O5. The molecule has 0 aliphatic carbocycles. The lowest BCUT2D eigenvalue weighted by Gasteiger charge is -2.11. The lowest BCUT2D eigenvalue weighted by atomic mass is 10.1. The summed E-state index contributed by atoms with van der Waals surface area (Å²) in [7, 11) is 0. The summed E-state index contributed by atoms with van der Waals surface area (Å²) in [5.74, 6) is -0.0556. The predicted octanol–water partition coefficient (Wildman–Crippen LogP) is 1.67. The van der Waals surface area contributed by atoms with E-state index in [2.05, 4.69) is 9.97 Å². The summed E-state index contributed by atoms with van der Waals surface area (Å²) in [5.41, 5.74) is 4.12. The van der Waals surface area contributed by atoms with E-state index in [1.54, 1.807) is 18.2 Å². The number of amides is 1. The van der Waals surface area contributed by atoms with Crippen LogP contribution in [0.1, 0.15) is 19.3 Å². The second-order valence-electron chi connectivity index (χ2n) is 5.40. The molecule has 0 radical (unpaired) electrons. The van der Waals surface area contributed by atoms with Crippen molar-refractivity contribution in [2.75, 3.05) is 6.61 Å². The van der Waals surface area contributed by atoms with Gasteiger partial charge in [-0.3, -0.25) is 14.6 Å². The lowest BCUT2D eigenvalue weighted by molar-refractivity contribution is -0.118. The molecule has 0 aromatic heterocycles. The molecule has 1 aromatic rings. The van der Waals surface area contributed by atoms with Gasteiger partial charge in [0, 0.05) is 11.8 Å². The highest BCUT2D eigenvalue weighted by Crippen LogP contribution is 2.35. The number of H-pyrrole nitrogens is 1. The van der Waals surface area contributed by atoms with Crippen LogP contribution in [0.2, 0.25) is 5.02 Å². The molecule has 2 aliphatic heterocycles. The minimum atomic E-state index is -0.793. The number of fused-ring (bicyclic) bond motifs is 2. The van der Waals surface area contributed by atoms with Crippen LogP contribution >= 0.6 is 11.6 Å². The highest BCUT2D eigenvalue weighted by atomic mass is 35.5. The first-order valence-corrected chi connectivity index (χ1v) is 7.91. The molecule has 1 amide bonds. The summed E-state index contributed by atoms with van der Waals surface area (Å²) >= 11 is 6.30. The van der Waals surface area contributed by atoms with E-state index >= 15 is 0 Å². The molecule has 0 saturated heterocycles. The smallest absolute Gasteiger partial charge is 0.351 e. The van der Waals surface area contributed by atoms with E-state index in [1.165, 1.54) is 0 Å². The predicted molar refractivity (Wildman–Crippen MR) is 91.1 cm³/mol. The van der Waals surface area contributed by atoms with Gasteiger partial charge in [-0.25, -0.2) is 4.79 Å². The van der Waals surface area contributed by atoms with Crippen molar-refractivity contribution in [1.29, 1.82) is 0 Å². The maximum absolute atomic E-state index is 11.8. The van der Waals surface area contributed by atoms with Gasteiger partial charge in [-0.1, -0.05) is 11.6 Å². The van der Waals surface area contributed by atoms with Crippen LogP contribution in [0.3, 0.4) is 0 Å². The third-order valence-electron chi connectivity index (χ3n) is 3.56. The second kappa shape index (κ2) is 6.94. The van der Waals surface area contributed by atoms with Gasteiger partial charge in [0.1, 0.15) is 16.3 Å². The Morgan fingerprint density at radius 1 is 1.32 bits per heavy atom. The van der Waals surface area contributed by atoms with Crippen LogP contribution in [0.4, 0.5) is 0 Å². The summed E-state index contributed by atoms with van der Waals surface area (Å²) in [6, 6.07) is 4.89. The molecule has 3 N–H and O–H groups in total. The van der Waals surface area contributed by atoms with Crippen LogP contribution in [0.25, 0.3) is 22.4 Å². The minimum absolute atomic E-state index is 0.0956. The van der Waals surface area contributed by atoms with Gasteiger partial charge in [0.25, 0.3) is 5.56 Å². The first-order valence-electron chi connectivity index (χ1n) is 7.53. The zero-order chi connectivity index (χ0) is 18.0. The highest BCUT2D eigenvalue weighted by Gasteiger charge is 2.17. The number of hydrogen-bond acceptors (Lipinski definition) is 6. The topological polar surface area (TPSA) is 128 Å². The number of unbranched alkanes of at least 4 members (excludes halogenated alkanes) is 1. The molecule has 130 valence electrons. The largest absolute Gasteiger partial charge is 0.492 e. The number of nitrogens with two attached hydrogens (primary N) is 1. The Balaban J connectivity index is 1.90. The number of nitrogens with one attached hydrogen (secondary N) is 1. The SMILES string of the molecule is NC(=O)CCCCOc1ccc2cc3c(=O)[nH]c(=O)nc-3oc2c1Cl. The Labute approximate surface area is 145 Å². The van der Waals surface area contributed by atoms with Gasteiger partial charge in [0.2, 0.25) is 11.8 Å². The van der Waals surface area contributed by atoms with Crippen molar-refractivity contribution >= 4 is 28.5 Å². The number of ether oxygens (including phenoxy) is 1. The zero-order valence-electron chi connectivity index (χ0n) is 13.0. The fourth-order valence-corrected chi connectivity index (χ4v) is 2.63. The van der Waals surface area contributed by atoms with Gasteiger partial charge < -0.3 is 14.9 Å². The van der Waals surface area contributed by atoms with E-state index in [-0.39, 0.29) is 28.0 Å². The molecular weight excluding hydrogens is 350 g/mol. The molecule has 1 aromatic carbocycles. The number of nitrogens with zero attached hydrogens (tertiary/aromatic N) is 1. The molecule has 2 aliphatic rings. The summed E-state index contributed by atoms with van der Waals surface area (Å²) in [6.07, 6.45) is 1.56. The van der Waals surface area contributed by atoms with E-state index in [4.69, 9.17) is 26.5 Å². The molecule has 0 unspecified atom stereocenters. The number of benzene rings is 1. The first kappa shape index (κ1) is 17.0. The number of aromatic amines is 1. The molecule has 3 rings (SSSR count). The third kappa shape index (κ3) is 3.63. The van der Waals surface area contributed by atoms with Crippen molar-refractivity contribution in [3.8, 4) is 17.2 Å². The van der Waals surface area contributed by atoms with Gasteiger partial charge in [0.15, 0.2) is 5.58 Å². The molecule has 9 heteroatoms. The summed E-state index contributed by atoms with van der Waals surface area (Å²) in [6.45, 7) is 0.356. The van der Waals surface area contributed by atoms with E-state index in [0.29, 0.717) is 37.0 Å². The molecule has 0 saturated carbocycles. The van der Waals surface area contributed by atoms with Crippen molar-refractivity contribution in [3.63, 3.8) is 0 Å². The monoisotopic (exact) mass is 363 g/mol. The van der Waals surface area contributed by atoms with Crippen LogP contribution in [0.5, 0.6) is 5.75 Å². The molecule has 0 fully saturated rings.